The minimum atomic E-state index is -0.608. The quantitative estimate of drug-likeness (QED) is 0.833. The van der Waals surface area contributed by atoms with Crippen molar-refractivity contribution in [1.82, 2.24) is 10.2 Å². The number of aromatic nitrogens is 2. The van der Waals surface area contributed by atoms with Gasteiger partial charge in [0.1, 0.15) is 23.6 Å². The Balaban J connectivity index is 2.16. The smallest absolute Gasteiger partial charge is 0.343 e. The molecular weight excluding hydrogens is 334 g/mol. The van der Waals surface area contributed by atoms with Crippen molar-refractivity contribution in [3.05, 3.63) is 35.2 Å². The molecule has 26 heavy (non-hydrogen) atoms. The molecule has 2 aromatic rings. The largest absolute Gasteiger partial charge is 0.486 e. The number of nitrogens with one attached hydrogen (secondary N) is 1. The molecule has 7 nitrogen and oxygen atoms in total. The summed E-state index contributed by atoms with van der Waals surface area (Å²) in [6.07, 6.45) is 0. The maximum absolute atomic E-state index is 12.4. The van der Waals surface area contributed by atoms with Gasteiger partial charge in [-0.15, -0.1) is 0 Å². The molecule has 1 aliphatic rings. The van der Waals surface area contributed by atoms with Gasteiger partial charge in [-0.2, -0.15) is 10.2 Å². The zero-order valence-corrected chi connectivity index (χ0v) is 15.5. The number of anilines is 1. The van der Waals surface area contributed by atoms with Crippen LogP contribution in [0.15, 0.2) is 18.2 Å². The third-order valence-electron chi connectivity index (χ3n) is 4.11. The molecule has 0 saturated heterocycles. The molecule has 0 unspecified atom stereocenters. The van der Waals surface area contributed by atoms with Crippen LogP contribution in [0.25, 0.3) is 11.1 Å². The van der Waals surface area contributed by atoms with Gasteiger partial charge in [0.25, 0.3) is 0 Å². The van der Waals surface area contributed by atoms with E-state index in [1.807, 2.05) is 13.0 Å². The van der Waals surface area contributed by atoms with Crippen LogP contribution in [0.1, 0.15) is 42.5 Å². The van der Waals surface area contributed by atoms with Crippen LogP contribution < -0.4 is 10.1 Å². The van der Waals surface area contributed by atoms with E-state index in [4.69, 9.17) is 9.47 Å². The summed E-state index contributed by atoms with van der Waals surface area (Å²) in [5, 5.41) is 11.0. The van der Waals surface area contributed by atoms with E-state index in [1.54, 1.807) is 32.9 Å². The van der Waals surface area contributed by atoms with Gasteiger partial charge in [0.05, 0.1) is 18.5 Å². The highest BCUT2D eigenvalue weighted by Crippen LogP contribution is 2.42. The normalized spacial score (nSPS) is 12.5. The molecular formula is C19H21N3O4. The van der Waals surface area contributed by atoms with Gasteiger partial charge in [0, 0.05) is 16.5 Å². The van der Waals surface area contributed by atoms with E-state index in [0.29, 0.717) is 17.1 Å². The number of carbonyl (C=O) groups is 2. The summed E-state index contributed by atoms with van der Waals surface area (Å²) in [5.41, 5.74) is 2.99. The lowest BCUT2D eigenvalue weighted by atomic mass is 9.94. The second kappa shape index (κ2) is 6.40. The number of rotatable bonds is 2. The number of aryl methyl sites for hydroxylation is 1. The first-order chi connectivity index (χ1) is 12.2. The number of esters is 1. The van der Waals surface area contributed by atoms with Gasteiger partial charge in [-0.3, -0.25) is 4.79 Å². The number of nitrogens with zero attached hydrogens (tertiary/aromatic N) is 2. The Morgan fingerprint density at radius 3 is 2.58 bits per heavy atom. The van der Waals surface area contributed by atoms with Crippen molar-refractivity contribution in [2.75, 3.05) is 12.4 Å². The molecule has 0 atom stereocenters. The minimum Gasteiger partial charge on any atom is -0.486 e. The summed E-state index contributed by atoms with van der Waals surface area (Å²) in [5.74, 6) is -0.405. The van der Waals surface area contributed by atoms with Crippen LogP contribution >= 0.6 is 0 Å². The lowest BCUT2D eigenvalue weighted by Gasteiger charge is -2.24. The Morgan fingerprint density at radius 2 is 1.92 bits per heavy atom. The van der Waals surface area contributed by atoms with Crippen LogP contribution in [-0.4, -0.2) is 29.2 Å². The lowest BCUT2D eigenvalue weighted by Crippen LogP contribution is -2.28. The van der Waals surface area contributed by atoms with Crippen molar-refractivity contribution in [3.8, 4) is 16.9 Å². The van der Waals surface area contributed by atoms with Crippen LogP contribution in [-0.2, 0) is 16.1 Å². The van der Waals surface area contributed by atoms with E-state index in [1.165, 1.54) is 7.11 Å². The number of amides is 1. The molecule has 136 valence electrons. The third-order valence-corrected chi connectivity index (χ3v) is 4.11. The Hall–Kier alpha value is -2.96. The van der Waals surface area contributed by atoms with Gasteiger partial charge in [-0.05, 0) is 25.1 Å². The van der Waals surface area contributed by atoms with Crippen LogP contribution in [0.4, 0.5) is 5.69 Å². The summed E-state index contributed by atoms with van der Waals surface area (Å²) in [7, 11) is 1.30. The number of methoxy groups -OCH3 is 1. The van der Waals surface area contributed by atoms with Crippen LogP contribution in [0.2, 0.25) is 0 Å². The molecule has 1 aromatic heterocycles. The van der Waals surface area contributed by atoms with Crippen molar-refractivity contribution in [3.63, 3.8) is 0 Å². The van der Waals surface area contributed by atoms with Crippen LogP contribution in [0.3, 0.4) is 0 Å². The fraction of sp³-hybridized carbons (Fsp3) is 0.368. The molecule has 3 rings (SSSR count). The molecule has 7 heteroatoms. The molecule has 0 fully saturated rings. The minimum absolute atomic E-state index is 0.191. The maximum atomic E-state index is 12.4. The predicted octanol–water partition coefficient (Wildman–Crippen LogP) is 3.12. The van der Waals surface area contributed by atoms with Crippen molar-refractivity contribution >= 4 is 17.6 Å². The van der Waals surface area contributed by atoms with Crippen molar-refractivity contribution in [2.45, 2.75) is 34.3 Å². The van der Waals surface area contributed by atoms with E-state index in [9.17, 15) is 9.59 Å². The molecule has 0 radical (unpaired) electrons. The average molecular weight is 355 g/mol. The van der Waals surface area contributed by atoms with E-state index in [2.05, 4.69) is 15.5 Å². The number of hydrogen-bond donors (Lipinski definition) is 1. The number of benzene rings is 1. The zero-order valence-electron chi connectivity index (χ0n) is 15.5. The molecule has 1 aromatic carbocycles. The summed E-state index contributed by atoms with van der Waals surface area (Å²) >= 11 is 0. The molecule has 1 aliphatic heterocycles. The molecule has 1 N–H and O–H groups in total. The van der Waals surface area contributed by atoms with E-state index < -0.39 is 11.4 Å². The van der Waals surface area contributed by atoms with Crippen LogP contribution in [0, 0.1) is 12.3 Å². The van der Waals surface area contributed by atoms with E-state index >= 15 is 0 Å². The molecule has 0 bridgehead atoms. The zero-order chi connectivity index (χ0) is 19.1. The number of ether oxygens (including phenoxy) is 2. The lowest BCUT2D eigenvalue weighted by molar-refractivity contribution is -0.123. The monoisotopic (exact) mass is 355 g/mol. The first kappa shape index (κ1) is 17.8. The van der Waals surface area contributed by atoms with E-state index in [0.717, 1.165) is 16.8 Å². The second-order valence-corrected chi connectivity index (χ2v) is 7.20. The standard InChI is InChI=1S/C19H21N3O4/c1-10-8-12-11-6-7-13(20-18(24)19(2,3)4)15(17(23)25-5)16(11)26-9-14(12)22-21-10/h6-8H,9H2,1-5H3,(H,20,24). The molecule has 0 saturated carbocycles. The number of hydrogen-bond acceptors (Lipinski definition) is 6. The van der Waals surface area contributed by atoms with Gasteiger partial charge in [-0.1, -0.05) is 20.8 Å². The van der Waals surface area contributed by atoms with Gasteiger partial charge in [0.2, 0.25) is 5.91 Å². The SMILES string of the molecule is COC(=O)c1c(NC(=O)C(C)(C)C)ccc2c1OCc1nnc(C)cc1-2. The second-order valence-electron chi connectivity index (χ2n) is 7.20. The Bertz CT molecular complexity index is 900. The number of carbonyl (C=O) groups excluding carboxylic acids is 2. The first-order valence-electron chi connectivity index (χ1n) is 8.25. The van der Waals surface area contributed by atoms with Gasteiger partial charge >= 0.3 is 5.97 Å². The summed E-state index contributed by atoms with van der Waals surface area (Å²) < 4.78 is 10.7. The Morgan fingerprint density at radius 1 is 1.19 bits per heavy atom. The molecule has 0 aliphatic carbocycles. The van der Waals surface area contributed by atoms with E-state index in [-0.39, 0.29) is 18.1 Å². The summed E-state index contributed by atoms with van der Waals surface area (Å²) in [4.78, 5) is 24.8. The molecule has 2 heterocycles. The maximum Gasteiger partial charge on any atom is 0.343 e. The first-order valence-corrected chi connectivity index (χ1v) is 8.25. The van der Waals surface area contributed by atoms with Crippen molar-refractivity contribution in [2.24, 2.45) is 5.41 Å². The molecule has 0 spiro atoms. The molecule has 1 amide bonds. The van der Waals surface area contributed by atoms with Crippen molar-refractivity contribution in [1.29, 1.82) is 0 Å². The summed E-state index contributed by atoms with van der Waals surface area (Å²) in [6.45, 7) is 7.43. The topological polar surface area (TPSA) is 90.4 Å². The number of fused-ring (bicyclic) bond motifs is 3. The Labute approximate surface area is 151 Å². The van der Waals surface area contributed by atoms with Crippen LogP contribution in [0.5, 0.6) is 5.75 Å². The van der Waals surface area contributed by atoms with Gasteiger partial charge in [0.15, 0.2) is 0 Å². The third kappa shape index (κ3) is 3.12. The highest BCUT2D eigenvalue weighted by Gasteiger charge is 2.30. The fourth-order valence-electron chi connectivity index (χ4n) is 2.66. The summed E-state index contributed by atoms with van der Waals surface area (Å²) in [6, 6.07) is 5.39. The Kier molecular flexibility index (Phi) is 4.39. The fourth-order valence-corrected chi connectivity index (χ4v) is 2.66. The van der Waals surface area contributed by atoms with Gasteiger partial charge < -0.3 is 14.8 Å². The van der Waals surface area contributed by atoms with Crippen molar-refractivity contribution < 1.29 is 19.1 Å². The highest BCUT2D eigenvalue weighted by atomic mass is 16.5. The predicted molar refractivity (Wildman–Crippen MR) is 96.0 cm³/mol. The van der Waals surface area contributed by atoms with Gasteiger partial charge in [-0.25, -0.2) is 4.79 Å². The average Bonchev–Trinajstić information content (AvgIpc) is 2.59. The highest BCUT2D eigenvalue weighted by molar-refractivity contribution is 6.06.